The number of methoxy groups -OCH3 is 1. The third-order valence-corrected chi connectivity index (χ3v) is 4.66. The van der Waals surface area contributed by atoms with E-state index < -0.39 is 5.97 Å². The number of hydrogen-bond acceptors (Lipinski definition) is 4. The molecule has 0 bridgehead atoms. The minimum absolute atomic E-state index is 0.236. The topological polar surface area (TPSA) is 49.8 Å². The first-order chi connectivity index (χ1) is 9.54. The van der Waals surface area contributed by atoms with Crippen LogP contribution in [-0.4, -0.2) is 42.8 Å². The van der Waals surface area contributed by atoms with Gasteiger partial charge >= 0.3 is 5.97 Å². The van der Waals surface area contributed by atoms with Crippen molar-refractivity contribution >= 4 is 27.4 Å². The second-order valence-corrected chi connectivity index (χ2v) is 5.98. The summed E-state index contributed by atoms with van der Waals surface area (Å²) in [6.45, 7) is 3.30. The molecule has 0 saturated heterocycles. The maximum absolute atomic E-state index is 11.4. The largest absolute Gasteiger partial charge is 0.477 e. The van der Waals surface area contributed by atoms with Gasteiger partial charge in [0.05, 0.1) is 6.61 Å². The van der Waals surface area contributed by atoms with E-state index in [2.05, 4.69) is 11.8 Å². The number of carbonyl (C=O) groups is 1. The number of thiophene rings is 1. The molecule has 0 aliphatic heterocycles. The number of fused-ring (bicyclic) bond motifs is 1. The summed E-state index contributed by atoms with van der Waals surface area (Å²) in [6.07, 6.45) is 0. The van der Waals surface area contributed by atoms with Crippen molar-refractivity contribution in [1.82, 2.24) is 4.90 Å². The summed E-state index contributed by atoms with van der Waals surface area (Å²) >= 11 is 1.34. The van der Waals surface area contributed by atoms with Crippen LogP contribution in [0.2, 0.25) is 0 Å². The highest BCUT2D eigenvalue weighted by molar-refractivity contribution is 7.21. The monoisotopic (exact) mass is 293 g/mol. The van der Waals surface area contributed by atoms with Gasteiger partial charge in [-0.05, 0) is 31.0 Å². The van der Waals surface area contributed by atoms with Gasteiger partial charge in [-0.3, -0.25) is 4.90 Å². The normalized spacial score (nSPS) is 13.0. The van der Waals surface area contributed by atoms with Gasteiger partial charge < -0.3 is 9.84 Å². The predicted molar refractivity (Wildman–Crippen MR) is 81.6 cm³/mol. The molecule has 1 unspecified atom stereocenters. The van der Waals surface area contributed by atoms with Crippen LogP contribution in [0.1, 0.15) is 22.2 Å². The minimum Gasteiger partial charge on any atom is -0.477 e. The van der Waals surface area contributed by atoms with Gasteiger partial charge in [-0.25, -0.2) is 4.79 Å². The molecule has 1 N–H and O–H groups in total. The number of carboxylic acid groups (broad SMARTS) is 1. The molecule has 0 amide bonds. The Bertz CT molecular complexity index is 608. The molecule has 4 nitrogen and oxygen atoms in total. The standard InChI is InChI=1S/C15H19NO3S/c1-10(9-19-3)16(2)8-12-11-6-4-5-7-13(11)20-14(12)15(17)18/h4-7,10H,8-9H2,1-3H3,(H,17,18). The van der Waals surface area contributed by atoms with Gasteiger partial charge in [0.25, 0.3) is 0 Å². The number of rotatable bonds is 6. The Hall–Kier alpha value is -1.43. The third-order valence-electron chi connectivity index (χ3n) is 3.46. The molecule has 0 radical (unpaired) electrons. The van der Waals surface area contributed by atoms with Gasteiger partial charge in [0.15, 0.2) is 0 Å². The molecular formula is C15H19NO3S. The molecule has 108 valence electrons. The van der Waals surface area contributed by atoms with Crippen molar-refractivity contribution in [1.29, 1.82) is 0 Å². The summed E-state index contributed by atoms with van der Waals surface area (Å²) in [5.41, 5.74) is 0.892. The Morgan fingerprint density at radius 2 is 2.15 bits per heavy atom. The lowest BCUT2D eigenvalue weighted by Gasteiger charge is -2.24. The summed E-state index contributed by atoms with van der Waals surface area (Å²) in [7, 11) is 3.66. The second kappa shape index (κ2) is 6.35. The summed E-state index contributed by atoms with van der Waals surface area (Å²) in [6, 6.07) is 8.07. The zero-order valence-electron chi connectivity index (χ0n) is 11.9. The summed E-state index contributed by atoms with van der Waals surface area (Å²) < 4.78 is 6.17. The molecule has 1 atom stereocenters. The van der Waals surface area contributed by atoms with E-state index in [9.17, 15) is 9.90 Å². The first-order valence-corrected chi connectivity index (χ1v) is 7.29. The van der Waals surface area contributed by atoms with E-state index in [4.69, 9.17) is 4.74 Å². The van der Waals surface area contributed by atoms with Gasteiger partial charge in [0.1, 0.15) is 4.88 Å². The SMILES string of the molecule is COCC(C)N(C)Cc1c(C(=O)O)sc2ccccc12. The van der Waals surface area contributed by atoms with Crippen LogP contribution in [0.4, 0.5) is 0 Å². The van der Waals surface area contributed by atoms with E-state index in [1.165, 1.54) is 11.3 Å². The fraction of sp³-hybridized carbons (Fsp3) is 0.400. The number of aromatic carboxylic acids is 1. The number of ether oxygens (including phenoxy) is 1. The Morgan fingerprint density at radius 1 is 1.45 bits per heavy atom. The van der Waals surface area contributed by atoms with Crippen LogP contribution in [0.15, 0.2) is 24.3 Å². The lowest BCUT2D eigenvalue weighted by molar-refractivity contribution is 0.0698. The fourth-order valence-corrected chi connectivity index (χ4v) is 3.25. The van der Waals surface area contributed by atoms with Crippen LogP contribution in [0.25, 0.3) is 10.1 Å². The van der Waals surface area contributed by atoms with E-state index in [0.717, 1.165) is 15.6 Å². The lowest BCUT2D eigenvalue weighted by atomic mass is 10.1. The van der Waals surface area contributed by atoms with Crippen molar-refractivity contribution in [3.8, 4) is 0 Å². The first-order valence-electron chi connectivity index (χ1n) is 6.47. The Balaban J connectivity index is 2.36. The van der Waals surface area contributed by atoms with E-state index in [-0.39, 0.29) is 6.04 Å². The Morgan fingerprint density at radius 3 is 2.80 bits per heavy atom. The van der Waals surface area contributed by atoms with Crippen LogP contribution in [0, 0.1) is 0 Å². The molecule has 0 fully saturated rings. The summed E-state index contributed by atoms with van der Waals surface area (Å²) in [4.78, 5) is 14.0. The van der Waals surface area contributed by atoms with Crippen molar-refractivity contribution in [2.75, 3.05) is 20.8 Å². The minimum atomic E-state index is -0.853. The Labute approximate surface area is 122 Å². The van der Waals surface area contributed by atoms with Gasteiger partial charge in [-0.1, -0.05) is 18.2 Å². The predicted octanol–water partition coefficient (Wildman–Crippen LogP) is 3.07. The number of benzene rings is 1. The molecule has 2 rings (SSSR count). The Kier molecular flexibility index (Phi) is 4.75. The molecule has 2 aromatic rings. The average molecular weight is 293 g/mol. The van der Waals surface area contributed by atoms with Crippen molar-refractivity contribution in [2.45, 2.75) is 19.5 Å². The molecule has 0 aliphatic rings. The van der Waals surface area contributed by atoms with Crippen LogP contribution in [-0.2, 0) is 11.3 Å². The fourth-order valence-electron chi connectivity index (χ4n) is 2.20. The zero-order valence-corrected chi connectivity index (χ0v) is 12.7. The number of likely N-dealkylation sites (N-methyl/N-ethyl adjacent to an activating group) is 1. The van der Waals surface area contributed by atoms with E-state index in [1.54, 1.807) is 7.11 Å². The highest BCUT2D eigenvalue weighted by Crippen LogP contribution is 2.32. The van der Waals surface area contributed by atoms with E-state index in [1.807, 2.05) is 31.3 Å². The highest BCUT2D eigenvalue weighted by atomic mass is 32.1. The van der Waals surface area contributed by atoms with Crippen molar-refractivity contribution in [2.24, 2.45) is 0 Å². The van der Waals surface area contributed by atoms with E-state index in [0.29, 0.717) is 18.0 Å². The van der Waals surface area contributed by atoms with Gasteiger partial charge in [0, 0.05) is 24.4 Å². The second-order valence-electron chi connectivity index (χ2n) is 4.93. The summed E-state index contributed by atoms with van der Waals surface area (Å²) in [5, 5.41) is 10.4. The quantitative estimate of drug-likeness (QED) is 0.889. The van der Waals surface area contributed by atoms with Crippen molar-refractivity contribution < 1.29 is 14.6 Å². The lowest BCUT2D eigenvalue weighted by Crippen LogP contribution is -2.32. The van der Waals surface area contributed by atoms with Crippen molar-refractivity contribution in [3.05, 3.63) is 34.7 Å². The maximum Gasteiger partial charge on any atom is 0.346 e. The summed E-state index contributed by atoms with van der Waals surface area (Å²) in [5.74, 6) is -0.853. The number of nitrogens with zero attached hydrogens (tertiary/aromatic N) is 1. The van der Waals surface area contributed by atoms with Crippen LogP contribution < -0.4 is 0 Å². The van der Waals surface area contributed by atoms with Crippen molar-refractivity contribution in [3.63, 3.8) is 0 Å². The van der Waals surface area contributed by atoms with Gasteiger partial charge in [-0.15, -0.1) is 11.3 Å². The average Bonchev–Trinajstić information content (AvgIpc) is 2.78. The highest BCUT2D eigenvalue weighted by Gasteiger charge is 2.20. The molecule has 0 spiro atoms. The van der Waals surface area contributed by atoms with Gasteiger partial charge in [0.2, 0.25) is 0 Å². The third kappa shape index (κ3) is 3.00. The molecule has 20 heavy (non-hydrogen) atoms. The number of hydrogen-bond donors (Lipinski definition) is 1. The van der Waals surface area contributed by atoms with Crippen LogP contribution >= 0.6 is 11.3 Å². The molecule has 1 aromatic heterocycles. The van der Waals surface area contributed by atoms with E-state index >= 15 is 0 Å². The molecule has 0 saturated carbocycles. The first kappa shape index (κ1) is 15.0. The molecule has 0 aliphatic carbocycles. The maximum atomic E-state index is 11.4. The van der Waals surface area contributed by atoms with Crippen LogP contribution in [0.3, 0.4) is 0 Å². The van der Waals surface area contributed by atoms with Crippen LogP contribution in [0.5, 0.6) is 0 Å². The smallest absolute Gasteiger partial charge is 0.346 e. The van der Waals surface area contributed by atoms with Gasteiger partial charge in [-0.2, -0.15) is 0 Å². The molecular weight excluding hydrogens is 274 g/mol. The number of carboxylic acids is 1. The zero-order chi connectivity index (χ0) is 14.7. The molecule has 1 aromatic carbocycles. The molecule has 1 heterocycles. The molecule has 5 heteroatoms.